The standard InChI is InChI=1S/C23H22N2/c1-17(18-11-5-2-6-12-18)23-24-21(19-13-7-3-8-14-19)22(25-23)20-15-9-4-10-16-20/h2-17,21-22H,1H3,(H,24,25)/t17?,21-,22-/m0/s1. The van der Waals surface area contributed by atoms with Gasteiger partial charge in [0.05, 0.1) is 6.04 Å². The Labute approximate surface area is 149 Å². The molecule has 1 aliphatic rings. The molecule has 1 unspecified atom stereocenters. The highest BCUT2D eigenvalue weighted by atomic mass is 15.1. The Balaban J connectivity index is 1.70. The monoisotopic (exact) mass is 326 g/mol. The normalized spacial score (nSPS) is 20.6. The fourth-order valence-electron chi connectivity index (χ4n) is 3.48. The van der Waals surface area contributed by atoms with Crippen LogP contribution in [0.3, 0.4) is 0 Å². The van der Waals surface area contributed by atoms with Crippen LogP contribution in [-0.2, 0) is 0 Å². The fraction of sp³-hybridized carbons (Fsp3) is 0.174. The number of benzene rings is 3. The van der Waals surface area contributed by atoms with Gasteiger partial charge in [-0.3, -0.25) is 4.99 Å². The zero-order chi connectivity index (χ0) is 17.1. The summed E-state index contributed by atoms with van der Waals surface area (Å²) in [5, 5.41) is 3.70. The Bertz CT molecular complexity index is 841. The third kappa shape index (κ3) is 3.20. The molecule has 0 aliphatic carbocycles. The van der Waals surface area contributed by atoms with Crippen molar-refractivity contribution in [2.24, 2.45) is 4.99 Å². The molecule has 0 radical (unpaired) electrons. The van der Waals surface area contributed by atoms with Gasteiger partial charge in [-0.2, -0.15) is 0 Å². The smallest absolute Gasteiger partial charge is 0.105 e. The van der Waals surface area contributed by atoms with Crippen molar-refractivity contribution in [3.05, 3.63) is 108 Å². The summed E-state index contributed by atoms with van der Waals surface area (Å²) in [5.41, 5.74) is 3.81. The topological polar surface area (TPSA) is 24.4 Å². The van der Waals surface area contributed by atoms with Crippen LogP contribution in [0.5, 0.6) is 0 Å². The van der Waals surface area contributed by atoms with Crippen molar-refractivity contribution in [2.75, 3.05) is 0 Å². The van der Waals surface area contributed by atoms with E-state index in [9.17, 15) is 0 Å². The largest absolute Gasteiger partial charge is 0.364 e. The van der Waals surface area contributed by atoms with E-state index in [2.05, 4.69) is 103 Å². The number of rotatable bonds is 4. The lowest BCUT2D eigenvalue weighted by molar-refractivity contribution is 0.571. The molecule has 0 saturated heterocycles. The molecule has 124 valence electrons. The predicted octanol–water partition coefficient (Wildman–Crippen LogP) is 5.27. The van der Waals surface area contributed by atoms with Gasteiger partial charge in [0.1, 0.15) is 11.9 Å². The first kappa shape index (κ1) is 15.6. The molecule has 3 aromatic carbocycles. The predicted molar refractivity (Wildman–Crippen MR) is 104 cm³/mol. The second kappa shape index (κ2) is 6.94. The van der Waals surface area contributed by atoms with Gasteiger partial charge in [0.25, 0.3) is 0 Å². The van der Waals surface area contributed by atoms with Crippen LogP contribution in [0.15, 0.2) is 96.0 Å². The Kier molecular flexibility index (Phi) is 4.34. The molecule has 2 heteroatoms. The Hall–Kier alpha value is -2.87. The third-order valence-corrected chi connectivity index (χ3v) is 4.91. The van der Waals surface area contributed by atoms with Crippen molar-refractivity contribution in [2.45, 2.75) is 24.9 Å². The van der Waals surface area contributed by atoms with E-state index in [1.54, 1.807) is 0 Å². The van der Waals surface area contributed by atoms with Gasteiger partial charge < -0.3 is 5.32 Å². The first-order valence-electron chi connectivity index (χ1n) is 8.82. The first-order valence-corrected chi connectivity index (χ1v) is 8.82. The zero-order valence-corrected chi connectivity index (χ0v) is 14.3. The molecule has 25 heavy (non-hydrogen) atoms. The molecule has 2 nitrogen and oxygen atoms in total. The number of hydrogen-bond donors (Lipinski definition) is 1. The minimum absolute atomic E-state index is 0.102. The van der Waals surface area contributed by atoms with Gasteiger partial charge >= 0.3 is 0 Å². The van der Waals surface area contributed by atoms with E-state index in [4.69, 9.17) is 4.99 Å². The number of nitrogens with zero attached hydrogens (tertiary/aromatic N) is 1. The summed E-state index contributed by atoms with van der Waals surface area (Å²) in [4.78, 5) is 5.10. The highest BCUT2D eigenvalue weighted by Crippen LogP contribution is 2.38. The molecule has 3 atom stereocenters. The van der Waals surface area contributed by atoms with Crippen molar-refractivity contribution in [3.63, 3.8) is 0 Å². The van der Waals surface area contributed by atoms with Crippen LogP contribution in [0.2, 0.25) is 0 Å². The first-order chi connectivity index (χ1) is 12.3. The highest BCUT2D eigenvalue weighted by Gasteiger charge is 2.33. The Morgan fingerprint density at radius 3 is 1.84 bits per heavy atom. The molecule has 4 rings (SSSR count). The Morgan fingerprint density at radius 2 is 1.24 bits per heavy atom. The van der Waals surface area contributed by atoms with Crippen molar-refractivity contribution in [3.8, 4) is 0 Å². The molecular weight excluding hydrogens is 304 g/mol. The van der Waals surface area contributed by atoms with Crippen LogP contribution in [0.1, 0.15) is 41.6 Å². The van der Waals surface area contributed by atoms with Gasteiger partial charge in [0.2, 0.25) is 0 Å². The molecule has 0 fully saturated rings. The van der Waals surface area contributed by atoms with Crippen molar-refractivity contribution >= 4 is 5.84 Å². The summed E-state index contributed by atoms with van der Waals surface area (Å²) in [7, 11) is 0. The molecular formula is C23H22N2. The minimum Gasteiger partial charge on any atom is -0.364 e. The minimum atomic E-state index is 0.102. The van der Waals surface area contributed by atoms with Gasteiger partial charge in [-0.1, -0.05) is 97.9 Å². The average molecular weight is 326 g/mol. The summed E-state index contributed by atoms with van der Waals surface area (Å²) in [5.74, 6) is 1.31. The number of aliphatic imine (C=N–C) groups is 1. The van der Waals surface area contributed by atoms with E-state index in [0.717, 1.165) is 5.84 Å². The maximum absolute atomic E-state index is 5.10. The Morgan fingerprint density at radius 1 is 0.720 bits per heavy atom. The molecule has 1 heterocycles. The van der Waals surface area contributed by atoms with E-state index < -0.39 is 0 Å². The number of amidine groups is 1. The second-order valence-corrected chi connectivity index (χ2v) is 6.53. The third-order valence-electron chi connectivity index (χ3n) is 4.91. The van der Waals surface area contributed by atoms with Gasteiger partial charge in [0, 0.05) is 5.92 Å². The van der Waals surface area contributed by atoms with Gasteiger partial charge in [-0.15, -0.1) is 0 Å². The van der Waals surface area contributed by atoms with E-state index in [0.29, 0.717) is 0 Å². The van der Waals surface area contributed by atoms with E-state index in [-0.39, 0.29) is 18.0 Å². The maximum Gasteiger partial charge on any atom is 0.105 e. The van der Waals surface area contributed by atoms with Crippen LogP contribution in [0.25, 0.3) is 0 Å². The molecule has 0 amide bonds. The molecule has 0 bridgehead atoms. The highest BCUT2D eigenvalue weighted by molar-refractivity contribution is 5.91. The van der Waals surface area contributed by atoms with Crippen LogP contribution in [0.4, 0.5) is 0 Å². The SMILES string of the molecule is CC(C1=N[C@@H](c2ccccc2)[C@H](c2ccccc2)N1)c1ccccc1. The van der Waals surface area contributed by atoms with E-state index in [1.165, 1.54) is 16.7 Å². The number of nitrogens with one attached hydrogen (secondary N) is 1. The molecule has 0 saturated carbocycles. The van der Waals surface area contributed by atoms with Gasteiger partial charge in [-0.25, -0.2) is 0 Å². The lowest BCUT2D eigenvalue weighted by atomic mass is 9.95. The van der Waals surface area contributed by atoms with Gasteiger partial charge in [0.15, 0.2) is 0 Å². The van der Waals surface area contributed by atoms with Crippen LogP contribution in [-0.4, -0.2) is 5.84 Å². The molecule has 0 aromatic heterocycles. The lowest BCUT2D eigenvalue weighted by Gasteiger charge is -2.20. The molecule has 3 aromatic rings. The van der Waals surface area contributed by atoms with Crippen molar-refractivity contribution in [1.29, 1.82) is 0 Å². The van der Waals surface area contributed by atoms with Crippen LogP contribution < -0.4 is 5.32 Å². The average Bonchev–Trinajstić information content (AvgIpc) is 3.15. The fourth-order valence-corrected chi connectivity index (χ4v) is 3.48. The molecule has 0 spiro atoms. The maximum atomic E-state index is 5.10. The van der Waals surface area contributed by atoms with Crippen LogP contribution in [0, 0.1) is 0 Å². The van der Waals surface area contributed by atoms with Gasteiger partial charge in [-0.05, 0) is 16.7 Å². The summed E-state index contributed by atoms with van der Waals surface area (Å²) >= 11 is 0. The lowest BCUT2D eigenvalue weighted by Crippen LogP contribution is -2.27. The second-order valence-electron chi connectivity index (χ2n) is 6.53. The van der Waals surface area contributed by atoms with Crippen molar-refractivity contribution < 1.29 is 0 Å². The molecule has 1 N–H and O–H groups in total. The summed E-state index contributed by atoms with van der Waals surface area (Å²) in [6.45, 7) is 2.22. The summed E-state index contributed by atoms with van der Waals surface area (Å²) in [6.07, 6.45) is 0. The summed E-state index contributed by atoms with van der Waals surface area (Å²) < 4.78 is 0. The van der Waals surface area contributed by atoms with Crippen LogP contribution >= 0.6 is 0 Å². The van der Waals surface area contributed by atoms with Crippen molar-refractivity contribution in [1.82, 2.24) is 5.32 Å². The molecule has 1 aliphatic heterocycles. The van der Waals surface area contributed by atoms with E-state index in [1.807, 2.05) is 0 Å². The number of hydrogen-bond acceptors (Lipinski definition) is 2. The quantitative estimate of drug-likeness (QED) is 0.693. The van der Waals surface area contributed by atoms with E-state index >= 15 is 0 Å². The zero-order valence-electron chi connectivity index (χ0n) is 14.3. The summed E-state index contributed by atoms with van der Waals surface area (Å²) in [6, 6.07) is 32.0.